The smallest absolute Gasteiger partial charge is 0.274 e. The minimum Gasteiger partial charge on any atom is -0.361 e. The summed E-state index contributed by atoms with van der Waals surface area (Å²) < 4.78 is 13.8. The van der Waals surface area contributed by atoms with Crippen LogP contribution in [-0.2, 0) is 13.1 Å². The second-order valence-corrected chi connectivity index (χ2v) is 8.92. The number of piperazine rings is 1. The molecule has 3 aromatic rings. The lowest BCUT2D eigenvalue weighted by Gasteiger charge is -2.42. The van der Waals surface area contributed by atoms with Gasteiger partial charge in [0.2, 0.25) is 0 Å². The molecule has 1 unspecified atom stereocenters. The van der Waals surface area contributed by atoms with Crippen LogP contribution in [0, 0.1) is 5.82 Å². The number of hydroxylamine groups is 1. The van der Waals surface area contributed by atoms with Gasteiger partial charge in [-0.2, -0.15) is 0 Å². The van der Waals surface area contributed by atoms with E-state index < -0.39 is 18.1 Å². The number of aliphatic hydroxyl groups is 1. The lowest BCUT2D eigenvalue weighted by Crippen LogP contribution is -2.55. The Kier molecular flexibility index (Phi) is 8.33. The zero-order valence-electron chi connectivity index (χ0n) is 19.1. The number of hydrogen-bond donors (Lipinski definition) is 3. The van der Waals surface area contributed by atoms with Crippen LogP contribution < -0.4 is 10.4 Å². The van der Waals surface area contributed by atoms with E-state index in [1.54, 1.807) is 40.7 Å². The van der Waals surface area contributed by atoms with Gasteiger partial charge in [0, 0.05) is 50.5 Å². The van der Waals surface area contributed by atoms with E-state index in [1.165, 1.54) is 17.7 Å². The third-order valence-corrected chi connectivity index (χ3v) is 6.46. The number of hydrogen-bond acceptors (Lipinski definition) is 6. The number of carbonyl (C=O) groups excluding carboxylic acids is 1. The van der Waals surface area contributed by atoms with Crippen molar-refractivity contribution in [2.24, 2.45) is 0 Å². The molecule has 0 spiro atoms. The van der Waals surface area contributed by atoms with Gasteiger partial charge in [-0.1, -0.05) is 54.1 Å². The predicted molar refractivity (Wildman–Crippen MR) is 133 cm³/mol. The third-order valence-electron chi connectivity index (χ3n) is 6.17. The molecular weight excluding hydrogens is 471 g/mol. The molecule has 0 saturated carbocycles. The van der Waals surface area contributed by atoms with E-state index in [-0.39, 0.29) is 5.02 Å². The number of rotatable bonds is 8. The quantitative estimate of drug-likeness (QED) is 0.250. The maximum atomic E-state index is 13.8. The average Bonchev–Trinajstić information content (AvgIpc) is 2.89. The van der Waals surface area contributed by atoms with Gasteiger partial charge in [0.05, 0.1) is 5.02 Å². The van der Waals surface area contributed by atoms with Crippen molar-refractivity contribution in [2.75, 3.05) is 31.1 Å². The second-order valence-electron chi connectivity index (χ2n) is 8.51. The molecule has 1 aliphatic rings. The number of nitrogens with zero attached hydrogens (tertiary/aromatic N) is 3. The Morgan fingerprint density at radius 2 is 1.69 bits per heavy atom. The Morgan fingerprint density at radius 1 is 1.00 bits per heavy atom. The van der Waals surface area contributed by atoms with Gasteiger partial charge in [0.1, 0.15) is 5.82 Å². The van der Waals surface area contributed by atoms with Crippen molar-refractivity contribution in [3.05, 3.63) is 100 Å². The van der Waals surface area contributed by atoms with Crippen molar-refractivity contribution in [1.82, 2.24) is 15.3 Å². The fourth-order valence-electron chi connectivity index (χ4n) is 4.18. The number of nitrogens with one attached hydrogen (secondary N) is 1. The van der Waals surface area contributed by atoms with Gasteiger partial charge in [-0.25, -0.2) is 9.87 Å². The van der Waals surface area contributed by atoms with E-state index in [9.17, 15) is 14.3 Å². The fraction of sp³-hybridized carbons (Fsp3) is 0.269. The first-order valence-electron chi connectivity index (χ1n) is 11.4. The summed E-state index contributed by atoms with van der Waals surface area (Å²) in [5.41, 5.74) is 4.57. The van der Waals surface area contributed by atoms with Crippen LogP contribution in [0.2, 0.25) is 5.02 Å². The lowest BCUT2D eigenvalue weighted by atomic mass is 10.1. The van der Waals surface area contributed by atoms with Crippen LogP contribution in [-0.4, -0.2) is 58.6 Å². The molecule has 35 heavy (non-hydrogen) atoms. The number of anilines is 1. The highest BCUT2D eigenvalue weighted by atomic mass is 35.5. The fourth-order valence-corrected chi connectivity index (χ4v) is 4.36. The van der Waals surface area contributed by atoms with Gasteiger partial charge in [0.25, 0.3) is 5.91 Å². The molecule has 0 radical (unpaired) electrons. The minimum absolute atomic E-state index is 0.0256. The summed E-state index contributed by atoms with van der Waals surface area (Å²) in [6, 6.07) is 21.3. The summed E-state index contributed by atoms with van der Waals surface area (Å²) in [6.07, 6.45) is -0.962. The van der Waals surface area contributed by atoms with Crippen molar-refractivity contribution >= 4 is 23.2 Å². The molecule has 1 atom stereocenters. The highest BCUT2D eigenvalue weighted by molar-refractivity contribution is 6.31. The molecule has 7 nitrogen and oxygen atoms in total. The Balaban J connectivity index is 1.48. The summed E-state index contributed by atoms with van der Waals surface area (Å²) >= 11 is 6.05. The molecule has 3 N–H and O–H groups in total. The predicted octanol–water partition coefficient (Wildman–Crippen LogP) is 3.70. The van der Waals surface area contributed by atoms with Crippen LogP contribution in [0.1, 0.15) is 21.5 Å². The molecule has 0 aromatic heterocycles. The zero-order valence-corrected chi connectivity index (χ0v) is 19.9. The van der Waals surface area contributed by atoms with Crippen molar-refractivity contribution in [3.8, 4) is 0 Å². The summed E-state index contributed by atoms with van der Waals surface area (Å²) in [4.78, 5) is 17.7. The van der Waals surface area contributed by atoms with Gasteiger partial charge in [-0.05, 0) is 41.5 Å². The van der Waals surface area contributed by atoms with Gasteiger partial charge in [-0.15, -0.1) is 0 Å². The van der Waals surface area contributed by atoms with Gasteiger partial charge in [0.15, 0.2) is 6.35 Å². The van der Waals surface area contributed by atoms with Crippen molar-refractivity contribution in [2.45, 2.75) is 19.4 Å². The molecule has 1 fully saturated rings. The molecule has 1 aliphatic heterocycles. The van der Waals surface area contributed by atoms with Gasteiger partial charge in [-0.3, -0.25) is 19.8 Å². The maximum Gasteiger partial charge on any atom is 0.274 e. The highest BCUT2D eigenvalue weighted by Gasteiger charge is 2.28. The number of amides is 1. The third kappa shape index (κ3) is 6.36. The van der Waals surface area contributed by atoms with E-state index in [4.69, 9.17) is 16.8 Å². The average molecular weight is 499 g/mol. The summed E-state index contributed by atoms with van der Waals surface area (Å²) in [5, 5.41) is 20.2. The summed E-state index contributed by atoms with van der Waals surface area (Å²) in [7, 11) is 0. The molecule has 0 bridgehead atoms. The van der Waals surface area contributed by atoms with Crippen molar-refractivity contribution in [1.29, 1.82) is 0 Å². The van der Waals surface area contributed by atoms with E-state index in [1.807, 2.05) is 23.1 Å². The topological polar surface area (TPSA) is 79.3 Å². The van der Waals surface area contributed by atoms with Crippen LogP contribution >= 0.6 is 11.6 Å². The molecule has 1 saturated heterocycles. The molecule has 1 amide bonds. The molecule has 3 aromatic carbocycles. The van der Waals surface area contributed by atoms with E-state index >= 15 is 0 Å². The SMILES string of the molecule is O=C(NO)c1ccc(CN(c2ccc(F)c(Cl)c2)C(O)N2CCN(Cc3ccccc3)CC2)cc1. The van der Waals surface area contributed by atoms with Crippen LogP contribution in [0.3, 0.4) is 0 Å². The highest BCUT2D eigenvalue weighted by Crippen LogP contribution is 2.27. The minimum atomic E-state index is -0.962. The van der Waals surface area contributed by atoms with Gasteiger partial charge >= 0.3 is 0 Å². The van der Waals surface area contributed by atoms with Crippen molar-refractivity contribution < 1.29 is 19.5 Å². The van der Waals surface area contributed by atoms with Crippen molar-refractivity contribution in [3.63, 3.8) is 0 Å². The number of halogens is 2. The van der Waals surface area contributed by atoms with Crippen LogP contribution in [0.4, 0.5) is 10.1 Å². The standard InChI is InChI=1S/C26H28ClFN4O3/c27-23-16-22(10-11-24(23)28)32(18-20-6-8-21(9-7-20)25(33)29-35)26(34)31-14-12-30(13-15-31)17-19-4-2-1-3-5-19/h1-11,16,26,34-35H,12-15,17-18H2,(H,29,33). The summed E-state index contributed by atoms with van der Waals surface area (Å²) in [6.45, 7) is 4.08. The first-order chi connectivity index (χ1) is 16.9. The number of carbonyl (C=O) groups is 1. The normalized spacial score (nSPS) is 15.5. The maximum absolute atomic E-state index is 13.8. The Hall–Kier alpha value is -3.01. The van der Waals surface area contributed by atoms with E-state index in [2.05, 4.69) is 17.0 Å². The van der Waals surface area contributed by atoms with Crippen LogP contribution in [0.25, 0.3) is 0 Å². The molecule has 0 aliphatic carbocycles. The first kappa shape index (κ1) is 25.1. The largest absolute Gasteiger partial charge is 0.361 e. The Morgan fingerprint density at radius 3 is 2.31 bits per heavy atom. The molecule has 9 heteroatoms. The molecule has 184 valence electrons. The lowest BCUT2D eigenvalue weighted by molar-refractivity contribution is -0.0288. The zero-order chi connectivity index (χ0) is 24.8. The Labute approximate surface area is 208 Å². The monoisotopic (exact) mass is 498 g/mol. The molecule has 1 heterocycles. The first-order valence-corrected chi connectivity index (χ1v) is 11.8. The number of benzene rings is 3. The van der Waals surface area contributed by atoms with Gasteiger partial charge < -0.3 is 10.0 Å². The summed E-state index contributed by atoms with van der Waals surface area (Å²) in [5.74, 6) is -1.13. The van der Waals surface area contributed by atoms with E-state index in [0.29, 0.717) is 30.9 Å². The van der Waals surface area contributed by atoms with Crippen LogP contribution in [0.15, 0.2) is 72.8 Å². The molecular formula is C26H28ClFN4O3. The van der Waals surface area contributed by atoms with E-state index in [0.717, 1.165) is 25.2 Å². The second kappa shape index (κ2) is 11.6. The van der Waals surface area contributed by atoms with Crippen LogP contribution in [0.5, 0.6) is 0 Å². The Bertz CT molecular complexity index is 1130. The molecule has 4 rings (SSSR count). The number of aliphatic hydroxyl groups excluding tert-OH is 1.